The number of likely N-dealkylation sites (N-methyl/N-ethyl adjacent to an activating group) is 1. The van der Waals surface area contributed by atoms with Gasteiger partial charge in [0.05, 0.1) is 12.7 Å². The van der Waals surface area contributed by atoms with Crippen LogP contribution >= 0.6 is 15.9 Å². The van der Waals surface area contributed by atoms with Crippen molar-refractivity contribution in [2.45, 2.75) is 32.4 Å². The van der Waals surface area contributed by atoms with Crippen LogP contribution in [0.5, 0.6) is 0 Å². The zero-order chi connectivity index (χ0) is 12.0. The summed E-state index contributed by atoms with van der Waals surface area (Å²) in [5.41, 5.74) is 1.32. The Labute approximate surface area is 107 Å². The van der Waals surface area contributed by atoms with Crippen LogP contribution in [0.1, 0.15) is 19.4 Å². The molecular weight excluding hydrogens is 266 g/mol. The molecule has 1 aromatic rings. The Balaban J connectivity index is 2.49. The number of hydrogen-bond acceptors (Lipinski definition) is 2. The molecule has 0 amide bonds. The topological polar surface area (TPSA) is 21.3 Å². The monoisotopic (exact) mass is 285 g/mol. The van der Waals surface area contributed by atoms with E-state index >= 15 is 0 Å². The largest absolute Gasteiger partial charge is 0.377 e. The number of benzene rings is 1. The summed E-state index contributed by atoms with van der Waals surface area (Å²) >= 11 is 3.48. The third kappa shape index (κ3) is 5.10. The van der Waals surface area contributed by atoms with Gasteiger partial charge < -0.3 is 10.1 Å². The maximum atomic E-state index is 5.62. The second-order valence-electron chi connectivity index (χ2n) is 4.20. The van der Waals surface area contributed by atoms with E-state index in [9.17, 15) is 0 Å². The Bertz CT molecular complexity index is 315. The van der Waals surface area contributed by atoms with E-state index in [2.05, 4.69) is 53.3 Å². The van der Waals surface area contributed by atoms with E-state index in [4.69, 9.17) is 4.74 Å². The van der Waals surface area contributed by atoms with E-state index in [-0.39, 0.29) is 0 Å². The number of nitrogens with one attached hydrogen (secondary N) is 1. The molecular formula is C13H20BrNO. The molecule has 90 valence electrons. The summed E-state index contributed by atoms with van der Waals surface area (Å²) < 4.78 is 6.75. The van der Waals surface area contributed by atoms with Gasteiger partial charge in [-0.2, -0.15) is 0 Å². The number of halogens is 1. The highest BCUT2D eigenvalue weighted by Crippen LogP contribution is 2.13. The van der Waals surface area contributed by atoms with Crippen LogP contribution in [0.15, 0.2) is 28.7 Å². The fraction of sp³-hybridized carbons (Fsp3) is 0.538. The first-order valence-electron chi connectivity index (χ1n) is 5.65. The Morgan fingerprint density at radius 2 is 2.12 bits per heavy atom. The molecule has 0 radical (unpaired) electrons. The van der Waals surface area contributed by atoms with Crippen LogP contribution < -0.4 is 5.32 Å². The van der Waals surface area contributed by atoms with Crippen molar-refractivity contribution in [1.82, 2.24) is 5.32 Å². The first-order valence-corrected chi connectivity index (χ1v) is 6.44. The van der Waals surface area contributed by atoms with E-state index in [1.54, 1.807) is 0 Å². The summed E-state index contributed by atoms with van der Waals surface area (Å²) in [6.07, 6.45) is 1.28. The zero-order valence-electron chi connectivity index (χ0n) is 10.2. The minimum Gasteiger partial charge on any atom is -0.377 e. The highest BCUT2D eigenvalue weighted by Gasteiger charge is 2.08. The van der Waals surface area contributed by atoms with Crippen LogP contribution in [0.2, 0.25) is 0 Å². The van der Waals surface area contributed by atoms with Crippen molar-refractivity contribution in [3.63, 3.8) is 0 Å². The molecule has 16 heavy (non-hydrogen) atoms. The van der Waals surface area contributed by atoms with Gasteiger partial charge in [0, 0.05) is 10.5 Å². The van der Waals surface area contributed by atoms with Crippen molar-refractivity contribution in [3.8, 4) is 0 Å². The maximum Gasteiger partial charge on any atom is 0.0626 e. The third-order valence-electron chi connectivity index (χ3n) is 2.41. The van der Waals surface area contributed by atoms with Crippen LogP contribution in [0.25, 0.3) is 0 Å². The normalized spacial score (nSPS) is 13.1. The molecule has 0 aliphatic rings. The van der Waals surface area contributed by atoms with E-state index in [1.165, 1.54) is 5.56 Å². The first-order chi connectivity index (χ1) is 7.61. The van der Waals surface area contributed by atoms with Gasteiger partial charge in [-0.15, -0.1) is 0 Å². The molecule has 1 rings (SSSR count). The van der Waals surface area contributed by atoms with Gasteiger partial charge in [-0.3, -0.25) is 0 Å². The van der Waals surface area contributed by atoms with E-state index in [0.717, 1.165) is 17.5 Å². The fourth-order valence-electron chi connectivity index (χ4n) is 1.50. The number of ether oxygens (including phenoxy) is 1. The van der Waals surface area contributed by atoms with Crippen molar-refractivity contribution in [2.24, 2.45) is 0 Å². The molecule has 0 aliphatic heterocycles. The molecule has 1 N–H and O–H groups in total. The van der Waals surface area contributed by atoms with Crippen molar-refractivity contribution in [3.05, 3.63) is 34.3 Å². The van der Waals surface area contributed by atoms with Gasteiger partial charge in [0.1, 0.15) is 0 Å². The average molecular weight is 286 g/mol. The highest BCUT2D eigenvalue weighted by atomic mass is 79.9. The Kier molecular flexibility index (Phi) is 6.03. The van der Waals surface area contributed by atoms with Crippen molar-refractivity contribution in [2.75, 3.05) is 13.7 Å². The first kappa shape index (κ1) is 13.7. The quantitative estimate of drug-likeness (QED) is 0.868. The lowest BCUT2D eigenvalue weighted by molar-refractivity contribution is 0.0628. The van der Waals surface area contributed by atoms with Crippen molar-refractivity contribution in [1.29, 1.82) is 0 Å². The van der Waals surface area contributed by atoms with E-state index < -0.39 is 0 Å². The second kappa shape index (κ2) is 7.05. The number of rotatable bonds is 6. The molecule has 2 nitrogen and oxygen atoms in total. The van der Waals surface area contributed by atoms with Crippen molar-refractivity contribution >= 4 is 15.9 Å². The SMILES string of the molecule is CNC(COC(C)C)Cc1cccc(Br)c1. The summed E-state index contributed by atoms with van der Waals surface area (Å²) in [4.78, 5) is 0. The predicted molar refractivity (Wildman–Crippen MR) is 71.8 cm³/mol. The summed E-state index contributed by atoms with van der Waals surface area (Å²) in [7, 11) is 1.98. The molecule has 1 unspecified atom stereocenters. The van der Waals surface area contributed by atoms with Gasteiger partial charge in [0.25, 0.3) is 0 Å². The Morgan fingerprint density at radius 1 is 1.38 bits per heavy atom. The standard InChI is InChI=1S/C13H20BrNO/c1-10(2)16-9-13(15-3)8-11-5-4-6-12(14)7-11/h4-7,10,13,15H,8-9H2,1-3H3. The molecule has 0 saturated heterocycles. The van der Waals surface area contributed by atoms with Crippen LogP contribution in [-0.4, -0.2) is 25.8 Å². The summed E-state index contributed by atoms with van der Waals surface area (Å²) in [6.45, 7) is 4.87. The third-order valence-corrected chi connectivity index (χ3v) is 2.90. The molecule has 3 heteroatoms. The van der Waals surface area contributed by atoms with Gasteiger partial charge in [-0.1, -0.05) is 28.1 Å². The molecule has 0 fully saturated rings. The minimum atomic E-state index is 0.290. The van der Waals surface area contributed by atoms with Crippen LogP contribution in [-0.2, 0) is 11.2 Å². The lowest BCUT2D eigenvalue weighted by Gasteiger charge is -2.18. The van der Waals surface area contributed by atoms with Crippen LogP contribution in [0.3, 0.4) is 0 Å². The summed E-state index contributed by atoms with van der Waals surface area (Å²) in [5.74, 6) is 0. The Morgan fingerprint density at radius 3 is 2.69 bits per heavy atom. The molecule has 0 heterocycles. The fourth-order valence-corrected chi connectivity index (χ4v) is 1.95. The van der Waals surface area contributed by atoms with Gasteiger partial charge in [0.2, 0.25) is 0 Å². The van der Waals surface area contributed by atoms with Crippen LogP contribution in [0, 0.1) is 0 Å². The summed E-state index contributed by atoms with van der Waals surface area (Å²) in [5, 5.41) is 3.29. The molecule has 0 bridgehead atoms. The summed E-state index contributed by atoms with van der Waals surface area (Å²) in [6, 6.07) is 8.78. The molecule has 0 aromatic heterocycles. The predicted octanol–water partition coefficient (Wildman–Crippen LogP) is 3.00. The van der Waals surface area contributed by atoms with Crippen molar-refractivity contribution < 1.29 is 4.74 Å². The maximum absolute atomic E-state index is 5.62. The van der Waals surface area contributed by atoms with Crippen LogP contribution in [0.4, 0.5) is 0 Å². The Hall–Kier alpha value is -0.380. The smallest absolute Gasteiger partial charge is 0.0626 e. The molecule has 1 atom stereocenters. The second-order valence-corrected chi connectivity index (χ2v) is 5.12. The minimum absolute atomic E-state index is 0.290. The number of hydrogen-bond donors (Lipinski definition) is 1. The van der Waals surface area contributed by atoms with E-state index in [1.807, 2.05) is 13.1 Å². The highest BCUT2D eigenvalue weighted by molar-refractivity contribution is 9.10. The lowest BCUT2D eigenvalue weighted by atomic mass is 10.1. The van der Waals surface area contributed by atoms with Gasteiger partial charge in [0.15, 0.2) is 0 Å². The molecule has 0 saturated carbocycles. The van der Waals surface area contributed by atoms with Gasteiger partial charge >= 0.3 is 0 Å². The van der Waals surface area contributed by atoms with Gasteiger partial charge in [-0.25, -0.2) is 0 Å². The average Bonchev–Trinajstić information content (AvgIpc) is 2.24. The molecule has 0 spiro atoms. The molecule has 1 aromatic carbocycles. The molecule has 0 aliphatic carbocycles. The zero-order valence-corrected chi connectivity index (χ0v) is 11.8. The van der Waals surface area contributed by atoms with E-state index in [0.29, 0.717) is 12.1 Å². The van der Waals surface area contributed by atoms with Gasteiger partial charge in [-0.05, 0) is 45.0 Å². The lowest BCUT2D eigenvalue weighted by Crippen LogP contribution is -2.33.